The van der Waals surface area contributed by atoms with Gasteiger partial charge in [0.2, 0.25) is 11.8 Å². The molecule has 1 saturated heterocycles. The summed E-state index contributed by atoms with van der Waals surface area (Å²) >= 11 is 0. The molecule has 0 saturated carbocycles. The number of amides is 4. The lowest BCUT2D eigenvalue weighted by molar-refractivity contribution is -0.147. The van der Waals surface area contributed by atoms with E-state index < -0.39 is 36.0 Å². The Balaban J connectivity index is 1.32. The maximum atomic E-state index is 13.0. The van der Waals surface area contributed by atoms with Crippen LogP contribution in [0.1, 0.15) is 24.5 Å². The Morgan fingerprint density at radius 3 is 2.59 bits per heavy atom. The largest absolute Gasteiger partial charge is 0.464 e. The number of anilines is 2. The number of hydrogen-bond acceptors (Lipinski definition) is 7. The summed E-state index contributed by atoms with van der Waals surface area (Å²) in [7, 11) is 0. The van der Waals surface area contributed by atoms with Gasteiger partial charge in [-0.3, -0.25) is 15.0 Å². The molecule has 7 N–H and O–H groups in total. The second-order valence-electron chi connectivity index (χ2n) is 9.11. The standard InChI is InChI=1S/C27H31N7O5/c1-3-39-26(37)21(32-24(35)22-15(2)18-6-4-5-7-19(18)31-22)14-30-27(38)33-20-12-13-34(25(20)36)17-10-8-16(9-11-17)23(28)29/h4-11,20-22,31H,2-3,12-14H2,1H3,(H3,28,29)(H,32,35)(H2,30,33,38). The minimum Gasteiger partial charge on any atom is -0.464 e. The molecule has 39 heavy (non-hydrogen) atoms. The van der Waals surface area contributed by atoms with E-state index in [-0.39, 0.29) is 24.9 Å². The number of benzene rings is 2. The molecule has 0 aliphatic carbocycles. The Kier molecular flexibility index (Phi) is 8.13. The topological polar surface area (TPSA) is 179 Å². The number of nitrogens with two attached hydrogens (primary N) is 1. The highest BCUT2D eigenvalue weighted by Crippen LogP contribution is 2.33. The predicted octanol–water partition coefficient (Wildman–Crippen LogP) is 0.931. The molecule has 1 fully saturated rings. The molecule has 0 aromatic heterocycles. The Morgan fingerprint density at radius 2 is 1.92 bits per heavy atom. The van der Waals surface area contributed by atoms with Gasteiger partial charge in [0.1, 0.15) is 24.0 Å². The fourth-order valence-electron chi connectivity index (χ4n) is 4.50. The third kappa shape index (κ3) is 6.00. The summed E-state index contributed by atoms with van der Waals surface area (Å²) in [4.78, 5) is 52.6. The summed E-state index contributed by atoms with van der Waals surface area (Å²) in [5, 5.41) is 18.4. The molecule has 2 heterocycles. The third-order valence-electron chi connectivity index (χ3n) is 6.54. The van der Waals surface area contributed by atoms with Crippen molar-refractivity contribution in [3.63, 3.8) is 0 Å². The molecule has 4 rings (SSSR count). The SMILES string of the molecule is C=C1c2ccccc2NC1C(=O)NC(CNC(=O)NC1CCN(c2ccc(C(=N)N)cc2)C1=O)C(=O)OCC. The van der Waals surface area contributed by atoms with Gasteiger partial charge in [-0.15, -0.1) is 0 Å². The molecule has 12 heteroatoms. The van der Waals surface area contributed by atoms with Crippen LogP contribution in [-0.2, 0) is 19.1 Å². The number of esters is 1. The fraction of sp³-hybridized carbons (Fsp3) is 0.296. The van der Waals surface area contributed by atoms with Crippen LogP contribution in [0.2, 0.25) is 0 Å². The number of nitrogen functional groups attached to an aromatic ring is 1. The number of hydrogen-bond donors (Lipinski definition) is 6. The molecule has 4 amide bonds. The number of ether oxygens (including phenoxy) is 1. The van der Waals surface area contributed by atoms with Crippen LogP contribution in [0, 0.1) is 5.41 Å². The Morgan fingerprint density at radius 1 is 1.21 bits per heavy atom. The number of nitrogens with one attached hydrogen (secondary N) is 5. The zero-order valence-electron chi connectivity index (χ0n) is 21.5. The lowest BCUT2D eigenvalue weighted by Crippen LogP contribution is -2.54. The van der Waals surface area contributed by atoms with Crippen molar-refractivity contribution in [2.45, 2.75) is 31.5 Å². The van der Waals surface area contributed by atoms with E-state index in [1.165, 1.54) is 4.90 Å². The smallest absolute Gasteiger partial charge is 0.330 e. The van der Waals surface area contributed by atoms with Crippen LogP contribution < -0.4 is 31.9 Å². The molecule has 0 spiro atoms. The summed E-state index contributed by atoms with van der Waals surface area (Å²) in [5.74, 6) is -1.56. The van der Waals surface area contributed by atoms with Crippen molar-refractivity contribution in [1.29, 1.82) is 5.41 Å². The van der Waals surface area contributed by atoms with Gasteiger partial charge < -0.3 is 36.6 Å². The first-order chi connectivity index (χ1) is 18.7. The molecule has 2 aliphatic heterocycles. The number of carbonyl (C=O) groups excluding carboxylic acids is 4. The van der Waals surface area contributed by atoms with Crippen LogP contribution in [0.25, 0.3) is 5.57 Å². The normalized spacial score (nSPS) is 18.5. The molecule has 12 nitrogen and oxygen atoms in total. The lowest BCUT2D eigenvalue weighted by Gasteiger charge is -2.21. The predicted molar refractivity (Wildman–Crippen MR) is 146 cm³/mol. The molecule has 2 aromatic carbocycles. The summed E-state index contributed by atoms with van der Waals surface area (Å²) in [6, 6.07) is 10.7. The maximum Gasteiger partial charge on any atom is 0.330 e. The number of urea groups is 1. The number of fused-ring (bicyclic) bond motifs is 1. The van der Waals surface area contributed by atoms with Gasteiger partial charge in [0.15, 0.2) is 0 Å². The van der Waals surface area contributed by atoms with Crippen LogP contribution >= 0.6 is 0 Å². The van der Waals surface area contributed by atoms with E-state index in [9.17, 15) is 19.2 Å². The van der Waals surface area contributed by atoms with Gasteiger partial charge in [0, 0.05) is 29.0 Å². The van der Waals surface area contributed by atoms with Crippen molar-refractivity contribution in [2.75, 3.05) is 29.9 Å². The van der Waals surface area contributed by atoms with Crippen molar-refractivity contribution in [2.24, 2.45) is 5.73 Å². The van der Waals surface area contributed by atoms with E-state index in [2.05, 4.69) is 27.8 Å². The first-order valence-corrected chi connectivity index (χ1v) is 12.5. The Labute approximate surface area is 225 Å². The molecule has 2 aliphatic rings. The number of rotatable bonds is 9. The monoisotopic (exact) mass is 533 g/mol. The first-order valence-electron chi connectivity index (χ1n) is 12.5. The lowest BCUT2D eigenvalue weighted by atomic mass is 10.0. The summed E-state index contributed by atoms with van der Waals surface area (Å²) in [5.41, 5.74) is 8.79. The van der Waals surface area contributed by atoms with Crippen LogP contribution in [0.5, 0.6) is 0 Å². The fourth-order valence-corrected chi connectivity index (χ4v) is 4.50. The van der Waals surface area contributed by atoms with Gasteiger partial charge in [-0.25, -0.2) is 9.59 Å². The maximum absolute atomic E-state index is 13.0. The van der Waals surface area contributed by atoms with Crippen molar-refractivity contribution < 1.29 is 23.9 Å². The van der Waals surface area contributed by atoms with Gasteiger partial charge in [0.25, 0.3) is 0 Å². The molecule has 0 bridgehead atoms. The number of nitrogens with zero attached hydrogens (tertiary/aromatic N) is 1. The molecular weight excluding hydrogens is 502 g/mol. The zero-order chi connectivity index (χ0) is 28.1. The molecule has 2 aromatic rings. The van der Waals surface area contributed by atoms with E-state index >= 15 is 0 Å². The van der Waals surface area contributed by atoms with Gasteiger partial charge >= 0.3 is 12.0 Å². The Bertz CT molecular complexity index is 1310. The molecule has 3 unspecified atom stereocenters. The highest BCUT2D eigenvalue weighted by molar-refractivity contribution is 6.05. The average molecular weight is 534 g/mol. The van der Waals surface area contributed by atoms with Crippen molar-refractivity contribution in [3.05, 3.63) is 66.2 Å². The molecule has 0 radical (unpaired) electrons. The van der Waals surface area contributed by atoms with Crippen LogP contribution in [-0.4, -0.2) is 67.5 Å². The molecule has 204 valence electrons. The van der Waals surface area contributed by atoms with Gasteiger partial charge in [0.05, 0.1) is 13.2 Å². The van der Waals surface area contributed by atoms with E-state index in [4.69, 9.17) is 15.9 Å². The minimum absolute atomic E-state index is 0.0719. The zero-order valence-corrected chi connectivity index (χ0v) is 21.5. The number of amidine groups is 1. The summed E-state index contributed by atoms with van der Waals surface area (Å²) in [6.45, 7) is 5.87. The van der Waals surface area contributed by atoms with Gasteiger partial charge in [-0.05, 0) is 49.2 Å². The van der Waals surface area contributed by atoms with Crippen molar-refractivity contribution >= 4 is 46.6 Å². The highest BCUT2D eigenvalue weighted by atomic mass is 16.5. The van der Waals surface area contributed by atoms with E-state index in [0.717, 1.165) is 11.3 Å². The second-order valence-corrected chi connectivity index (χ2v) is 9.11. The summed E-state index contributed by atoms with van der Waals surface area (Å²) in [6.07, 6.45) is 0.384. The molecular formula is C27H31N7O5. The summed E-state index contributed by atoms with van der Waals surface area (Å²) < 4.78 is 5.08. The van der Waals surface area contributed by atoms with Crippen LogP contribution in [0.15, 0.2) is 55.1 Å². The minimum atomic E-state index is -1.16. The first kappa shape index (κ1) is 27.2. The van der Waals surface area contributed by atoms with Crippen LogP contribution in [0.3, 0.4) is 0 Å². The van der Waals surface area contributed by atoms with E-state index in [1.54, 1.807) is 31.2 Å². The van der Waals surface area contributed by atoms with E-state index in [1.807, 2.05) is 24.3 Å². The quantitative estimate of drug-likeness (QED) is 0.158. The average Bonchev–Trinajstić information content (AvgIpc) is 3.46. The number of para-hydroxylation sites is 1. The number of carbonyl (C=O) groups is 4. The Hall–Kier alpha value is -4.87. The van der Waals surface area contributed by atoms with Gasteiger partial charge in [-0.2, -0.15) is 0 Å². The van der Waals surface area contributed by atoms with E-state index in [0.29, 0.717) is 29.8 Å². The van der Waals surface area contributed by atoms with Gasteiger partial charge in [-0.1, -0.05) is 24.8 Å². The van der Waals surface area contributed by atoms with Crippen molar-refractivity contribution in [3.8, 4) is 0 Å². The van der Waals surface area contributed by atoms with Crippen LogP contribution in [0.4, 0.5) is 16.2 Å². The highest BCUT2D eigenvalue weighted by Gasteiger charge is 2.35. The third-order valence-corrected chi connectivity index (χ3v) is 6.54. The second kappa shape index (κ2) is 11.7. The van der Waals surface area contributed by atoms with Crippen molar-refractivity contribution in [1.82, 2.24) is 16.0 Å². The molecule has 3 atom stereocenters.